The van der Waals surface area contributed by atoms with Crippen LogP contribution in [0.25, 0.3) is 11.3 Å². The molecule has 0 N–H and O–H groups in total. The summed E-state index contributed by atoms with van der Waals surface area (Å²) in [6.07, 6.45) is 5.05. The average Bonchev–Trinajstić information content (AvgIpc) is 2.32. The summed E-state index contributed by atoms with van der Waals surface area (Å²) in [5.41, 5.74) is 1.66. The molecule has 0 aromatic carbocycles. The van der Waals surface area contributed by atoms with Crippen molar-refractivity contribution in [3.8, 4) is 11.3 Å². The zero-order valence-electron chi connectivity index (χ0n) is 10.00. The zero-order valence-corrected chi connectivity index (χ0v) is 10.00. The van der Waals surface area contributed by atoms with Gasteiger partial charge in [0.05, 0.1) is 12.0 Å². The Kier molecular flexibility index (Phi) is 3.32. The normalized spacial score (nSPS) is 10.8. The largest absolute Gasteiger partial charge is 0.331 e. The number of nitrogens with zero attached hydrogens (tertiary/aromatic N) is 3. The quantitative estimate of drug-likeness (QED) is 0.808. The van der Waals surface area contributed by atoms with E-state index in [1.165, 1.54) is 0 Å². The van der Waals surface area contributed by atoms with E-state index in [0.717, 1.165) is 17.8 Å². The van der Waals surface area contributed by atoms with E-state index in [4.69, 9.17) is 0 Å². The molecule has 0 spiro atoms. The highest BCUT2D eigenvalue weighted by molar-refractivity contribution is 5.58. The monoisotopic (exact) mass is 229 g/mol. The van der Waals surface area contributed by atoms with E-state index >= 15 is 0 Å². The van der Waals surface area contributed by atoms with Gasteiger partial charge < -0.3 is 4.57 Å². The third kappa shape index (κ3) is 2.78. The summed E-state index contributed by atoms with van der Waals surface area (Å²) >= 11 is 0. The van der Waals surface area contributed by atoms with Gasteiger partial charge in [-0.3, -0.25) is 9.78 Å². The smallest absolute Gasteiger partial charge is 0.273 e. The lowest BCUT2D eigenvalue weighted by Crippen LogP contribution is -2.14. The Morgan fingerprint density at radius 2 is 2.00 bits per heavy atom. The Hall–Kier alpha value is -1.97. The number of hydrogen-bond donors (Lipinski definition) is 0. The van der Waals surface area contributed by atoms with Crippen LogP contribution in [0.5, 0.6) is 0 Å². The molecule has 0 aliphatic carbocycles. The van der Waals surface area contributed by atoms with Crippen LogP contribution in [0.4, 0.5) is 0 Å². The molecule has 0 fully saturated rings. The second-order valence-corrected chi connectivity index (χ2v) is 4.39. The van der Waals surface area contributed by atoms with E-state index in [1.807, 2.05) is 16.7 Å². The topological polar surface area (TPSA) is 47.8 Å². The van der Waals surface area contributed by atoms with Gasteiger partial charge in [-0.25, -0.2) is 0 Å². The first kappa shape index (κ1) is 11.5. The van der Waals surface area contributed by atoms with Crippen molar-refractivity contribution < 1.29 is 0 Å². The molecule has 0 bridgehead atoms. The molecule has 4 heteroatoms. The van der Waals surface area contributed by atoms with Crippen LogP contribution in [-0.2, 0) is 6.54 Å². The number of aromatic nitrogens is 3. The van der Waals surface area contributed by atoms with Crippen molar-refractivity contribution in [3.05, 3.63) is 47.3 Å². The fourth-order valence-electron chi connectivity index (χ4n) is 1.74. The van der Waals surface area contributed by atoms with Gasteiger partial charge in [-0.15, -0.1) is 0 Å². The fourth-order valence-corrected chi connectivity index (χ4v) is 1.74. The predicted molar refractivity (Wildman–Crippen MR) is 66.6 cm³/mol. The Balaban J connectivity index is 2.51. The minimum atomic E-state index is -0.211. The van der Waals surface area contributed by atoms with Crippen LogP contribution < -0.4 is 5.56 Å². The molecule has 0 aliphatic rings. The molecular formula is C13H15N3O. The van der Waals surface area contributed by atoms with Gasteiger partial charge in [0.1, 0.15) is 0 Å². The standard InChI is InChI=1S/C13H15N3O/c1-10(2)8-16-9-15-13(17)7-12(16)11-3-5-14-6-4-11/h3-7,9-10H,8H2,1-2H3. The van der Waals surface area contributed by atoms with Crippen LogP contribution in [0.2, 0.25) is 0 Å². The van der Waals surface area contributed by atoms with Crippen LogP contribution in [0.15, 0.2) is 41.7 Å². The minimum Gasteiger partial charge on any atom is -0.331 e. The van der Waals surface area contributed by atoms with Gasteiger partial charge in [0.2, 0.25) is 0 Å². The first-order chi connectivity index (χ1) is 8.16. The van der Waals surface area contributed by atoms with Gasteiger partial charge in [0.25, 0.3) is 5.56 Å². The van der Waals surface area contributed by atoms with Gasteiger partial charge in [-0.2, -0.15) is 4.98 Å². The molecule has 2 aromatic rings. The van der Waals surface area contributed by atoms with E-state index < -0.39 is 0 Å². The van der Waals surface area contributed by atoms with E-state index in [1.54, 1.807) is 24.8 Å². The van der Waals surface area contributed by atoms with Crippen molar-refractivity contribution in [1.29, 1.82) is 0 Å². The maximum Gasteiger partial charge on any atom is 0.273 e. The molecule has 0 saturated carbocycles. The predicted octanol–water partition coefficient (Wildman–Crippen LogP) is 1.96. The van der Waals surface area contributed by atoms with Crippen molar-refractivity contribution in [2.24, 2.45) is 5.92 Å². The fraction of sp³-hybridized carbons (Fsp3) is 0.308. The lowest BCUT2D eigenvalue weighted by atomic mass is 10.1. The van der Waals surface area contributed by atoms with E-state index in [9.17, 15) is 4.79 Å². The van der Waals surface area contributed by atoms with Crippen molar-refractivity contribution in [2.75, 3.05) is 0 Å². The second-order valence-electron chi connectivity index (χ2n) is 4.39. The van der Waals surface area contributed by atoms with Crippen molar-refractivity contribution in [2.45, 2.75) is 20.4 Å². The van der Waals surface area contributed by atoms with Crippen LogP contribution in [0.1, 0.15) is 13.8 Å². The molecule has 0 unspecified atom stereocenters. The average molecular weight is 229 g/mol. The van der Waals surface area contributed by atoms with Gasteiger partial charge in [0, 0.05) is 30.6 Å². The highest BCUT2D eigenvalue weighted by atomic mass is 16.1. The first-order valence-corrected chi connectivity index (χ1v) is 5.63. The van der Waals surface area contributed by atoms with Crippen LogP contribution in [0, 0.1) is 5.92 Å². The molecule has 0 atom stereocenters. The van der Waals surface area contributed by atoms with Crippen molar-refractivity contribution in [1.82, 2.24) is 14.5 Å². The number of pyridine rings is 1. The van der Waals surface area contributed by atoms with E-state index in [0.29, 0.717) is 5.92 Å². The molecule has 0 saturated heterocycles. The molecule has 0 amide bonds. The molecule has 0 radical (unpaired) electrons. The molecule has 2 rings (SSSR count). The van der Waals surface area contributed by atoms with Crippen LogP contribution in [0.3, 0.4) is 0 Å². The number of hydrogen-bond acceptors (Lipinski definition) is 3. The lowest BCUT2D eigenvalue weighted by molar-refractivity contribution is 0.518. The SMILES string of the molecule is CC(C)Cn1cnc(=O)cc1-c1ccncc1. The molecule has 2 heterocycles. The molecule has 4 nitrogen and oxygen atoms in total. The summed E-state index contributed by atoms with van der Waals surface area (Å²) in [5, 5.41) is 0. The van der Waals surface area contributed by atoms with Crippen LogP contribution in [-0.4, -0.2) is 14.5 Å². The second kappa shape index (κ2) is 4.91. The zero-order chi connectivity index (χ0) is 12.3. The van der Waals surface area contributed by atoms with Crippen molar-refractivity contribution >= 4 is 0 Å². The van der Waals surface area contributed by atoms with Gasteiger partial charge >= 0.3 is 0 Å². The Morgan fingerprint density at radius 3 is 2.65 bits per heavy atom. The molecule has 0 aliphatic heterocycles. The first-order valence-electron chi connectivity index (χ1n) is 5.63. The highest BCUT2D eigenvalue weighted by Crippen LogP contribution is 2.17. The van der Waals surface area contributed by atoms with E-state index in [2.05, 4.69) is 23.8 Å². The Morgan fingerprint density at radius 1 is 1.29 bits per heavy atom. The van der Waals surface area contributed by atoms with Crippen molar-refractivity contribution in [3.63, 3.8) is 0 Å². The summed E-state index contributed by atoms with van der Waals surface area (Å²) in [4.78, 5) is 19.2. The summed E-state index contributed by atoms with van der Waals surface area (Å²) < 4.78 is 2.00. The summed E-state index contributed by atoms with van der Waals surface area (Å²) in [7, 11) is 0. The summed E-state index contributed by atoms with van der Waals surface area (Å²) in [6, 6.07) is 5.36. The van der Waals surface area contributed by atoms with Gasteiger partial charge in [-0.1, -0.05) is 13.8 Å². The molecule has 88 valence electrons. The summed E-state index contributed by atoms with van der Waals surface area (Å²) in [6.45, 7) is 5.10. The Bertz CT molecular complexity index is 546. The third-order valence-corrected chi connectivity index (χ3v) is 2.43. The minimum absolute atomic E-state index is 0.211. The number of rotatable bonds is 3. The van der Waals surface area contributed by atoms with Crippen LogP contribution >= 0.6 is 0 Å². The van der Waals surface area contributed by atoms with Gasteiger partial charge in [0.15, 0.2) is 0 Å². The van der Waals surface area contributed by atoms with E-state index in [-0.39, 0.29) is 5.56 Å². The molecular weight excluding hydrogens is 214 g/mol. The highest BCUT2D eigenvalue weighted by Gasteiger charge is 2.06. The van der Waals surface area contributed by atoms with Gasteiger partial charge in [-0.05, 0) is 18.1 Å². The maximum atomic E-state index is 11.4. The molecule has 17 heavy (non-hydrogen) atoms. The Labute approximate surface area is 100.0 Å². The summed E-state index contributed by atoms with van der Waals surface area (Å²) in [5.74, 6) is 0.500. The third-order valence-electron chi connectivity index (χ3n) is 2.43. The maximum absolute atomic E-state index is 11.4. The lowest BCUT2D eigenvalue weighted by Gasteiger charge is -2.14. The molecule has 2 aromatic heterocycles.